The number of nitrogens with one attached hydrogen (secondary N) is 1. The van der Waals surface area contributed by atoms with E-state index < -0.39 is 124 Å². The molecule has 3 aliphatic rings. The van der Waals surface area contributed by atoms with Crippen molar-refractivity contribution in [2.45, 2.75) is 356 Å². The maximum atomic E-state index is 13.3. The van der Waals surface area contributed by atoms with Gasteiger partial charge in [0.2, 0.25) is 5.91 Å². The number of amides is 1. The predicted molar refractivity (Wildman–Crippen MR) is 314 cm³/mol. The third-order valence-corrected chi connectivity index (χ3v) is 16.8. The lowest BCUT2D eigenvalue weighted by Gasteiger charge is -2.48. The number of aliphatic hydroxyl groups is 11. The van der Waals surface area contributed by atoms with Crippen molar-refractivity contribution in [2.75, 3.05) is 26.4 Å². The summed E-state index contributed by atoms with van der Waals surface area (Å²) in [4.78, 5) is 13.3. The van der Waals surface area contributed by atoms with Crippen molar-refractivity contribution in [3.05, 3.63) is 12.2 Å². The van der Waals surface area contributed by atoms with E-state index in [0.29, 0.717) is 12.8 Å². The standard InChI is InChI=1S/C63H119NO18/c1-3-5-7-9-11-13-15-17-18-19-20-21-22-23-24-25-26-27-29-30-32-34-36-38-40-47(68)46(64-51(69)41-39-37-35-33-31-28-16-14-12-10-8-6-4-2)45-77-61-57(75)54(72)59(49(43-66)79-61)82-63-58(76)55(73)60(50(44-67)80-63)81-62-56(74)53(71)52(70)48(42-65)78-62/h14,16,46-50,52-63,65-68,70-76H,3-13,15,17-45H2,1-2H3,(H,64,69)/b16-14-. The van der Waals surface area contributed by atoms with E-state index in [-0.39, 0.29) is 18.9 Å². The fraction of sp³-hybridized carbons (Fsp3) is 0.952. The average molecular weight is 1180 g/mol. The van der Waals surface area contributed by atoms with E-state index in [9.17, 15) is 61.0 Å². The Morgan fingerprint density at radius 1 is 0.427 bits per heavy atom. The van der Waals surface area contributed by atoms with Gasteiger partial charge >= 0.3 is 0 Å². The lowest BCUT2D eigenvalue weighted by molar-refractivity contribution is -0.379. The summed E-state index contributed by atoms with van der Waals surface area (Å²) in [7, 11) is 0. The summed E-state index contributed by atoms with van der Waals surface area (Å²) in [6, 6.07) is -0.888. The van der Waals surface area contributed by atoms with Crippen LogP contribution in [0.1, 0.15) is 251 Å². The van der Waals surface area contributed by atoms with Crippen LogP contribution in [0.25, 0.3) is 0 Å². The second-order valence-corrected chi connectivity index (χ2v) is 23.9. The summed E-state index contributed by atoms with van der Waals surface area (Å²) in [5.74, 6) is -0.250. The number of unbranched alkanes of at least 4 members (excludes halogenated alkanes) is 32. The largest absolute Gasteiger partial charge is 0.394 e. The first-order chi connectivity index (χ1) is 39.8. The van der Waals surface area contributed by atoms with Crippen LogP contribution < -0.4 is 5.32 Å². The zero-order valence-electron chi connectivity index (χ0n) is 50.7. The van der Waals surface area contributed by atoms with E-state index in [1.54, 1.807) is 0 Å². The molecule has 484 valence electrons. The number of ether oxygens (including phenoxy) is 6. The molecule has 17 atom stereocenters. The molecule has 19 heteroatoms. The molecule has 0 aliphatic carbocycles. The van der Waals surface area contributed by atoms with Crippen molar-refractivity contribution in [1.29, 1.82) is 0 Å². The first kappa shape index (κ1) is 74.8. The molecule has 0 aromatic heterocycles. The molecule has 12 N–H and O–H groups in total. The molecule has 1 amide bonds. The zero-order chi connectivity index (χ0) is 59.7. The number of carbonyl (C=O) groups excluding carboxylic acids is 1. The second kappa shape index (κ2) is 46.7. The molecule has 19 nitrogen and oxygen atoms in total. The highest BCUT2D eigenvalue weighted by atomic mass is 16.8. The quantitative estimate of drug-likeness (QED) is 0.0210. The summed E-state index contributed by atoms with van der Waals surface area (Å²) >= 11 is 0. The number of allylic oxidation sites excluding steroid dienone is 2. The van der Waals surface area contributed by atoms with Crippen LogP contribution in [0.2, 0.25) is 0 Å². The van der Waals surface area contributed by atoms with Gasteiger partial charge in [-0.3, -0.25) is 4.79 Å². The molecule has 0 saturated carbocycles. The molecule has 3 rings (SSSR count). The lowest BCUT2D eigenvalue weighted by atomic mass is 9.96. The topological polar surface area (TPSA) is 307 Å². The SMILES string of the molecule is CCCCCC/C=C\CCCCCCCC(=O)NC(COC1OC(CO)C(OC2OC(CO)C(OC3OC(CO)C(O)C(O)C3O)C(O)C2O)C(O)C1O)C(O)CCCCCCCCCCCCCCCCCCCCCCCCCC. The van der Waals surface area contributed by atoms with Gasteiger partial charge in [0.15, 0.2) is 18.9 Å². The van der Waals surface area contributed by atoms with Gasteiger partial charge in [-0.25, -0.2) is 0 Å². The van der Waals surface area contributed by atoms with Crippen molar-refractivity contribution in [1.82, 2.24) is 5.32 Å². The molecule has 3 aliphatic heterocycles. The lowest BCUT2D eigenvalue weighted by Crippen LogP contribution is -2.66. The molecule has 0 aromatic carbocycles. The fourth-order valence-corrected chi connectivity index (χ4v) is 11.4. The first-order valence-corrected chi connectivity index (χ1v) is 32.9. The van der Waals surface area contributed by atoms with Crippen LogP contribution in [-0.2, 0) is 33.2 Å². The smallest absolute Gasteiger partial charge is 0.220 e. The molecule has 3 saturated heterocycles. The van der Waals surface area contributed by atoms with Gasteiger partial charge < -0.3 is 89.9 Å². The van der Waals surface area contributed by atoms with E-state index in [1.165, 1.54) is 154 Å². The summed E-state index contributed by atoms with van der Waals surface area (Å²) in [6.45, 7) is 1.79. The highest BCUT2D eigenvalue weighted by molar-refractivity contribution is 5.76. The zero-order valence-corrected chi connectivity index (χ0v) is 50.7. The number of hydrogen-bond acceptors (Lipinski definition) is 18. The Bertz CT molecular complexity index is 1550. The molecular formula is C63H119NO18. The van der Waals surface area contributed by atoms with Gasteiger partial charge in [-0.05, 0) is 38.5 Å². The minimum atomic E-state index is -1.97. The van der Waals surface area contributed by atoms with E-state index in [0.717, 1.165) is 64.2 Å². The van der Waals surface area contributed by atoms with Crippen LogP contribution in [0.4, 0.5) is 0 Å². The van der Waals surface area contributed by atoms with Crippen molar-refractivity contribution >= 4 is 5.91 Å². The van der Waals surface area contributed by atoms with E-state index in [1.807, 2.05) is 0 Å². The van der Waals surface area contributed by atoms with E-state index >= 15 is 0 Å². The maximum Gasteiger partial charge on any atom is 0.220 e. The van der Waals surface area contributed by atoms with Gasteiger partial charge in [-0.15, -0.1) is 0 Å². The van der Waals surface area contributed by atoms with E-state index in [4.69, 9.17) is 28.4 Å². The van der Waals surface area contributed by atoms with Crippen LogP contribution in [0, 0.1) is 0 Å². The van der Waals surface area contributed by atoms with Crippen molar-refractivity contribution < 1.29 is 89.4 Å². The molecule has 0 radical (unpaired) electrons. The summed E-state index contributed by atoms with van der Waals surface area (Å²) in [5.41, 5.74) is 0. The summed E-state index contributed by atoms with van der Waals surface area (Å²) < 4.78 is 34.3. The third-order valence-electron chi connectivity index (χ3n) is 16.8. The number of aliphatic hydroxyl groups excluding tert-OH is 11. The van der Waals surface area contributed by atoms with Crippen molar-refractivity contribution in [3.8, 4) is 0 Å². The van der Waals surface area contributed by atoms with Crippen LogP contribution in [0.3, 0.4) is 0 Å². The van der Waals surface area contributed by atoms with Crippen LogP contribution in [0.15, 0.2) is 12.2 Å². The molecule has 0 aromatic rings. The van der Waals surface area contributed by atoms with Gasteiger partial charge in [0, 0.05) is 6.42 Å². The minimum Gasteiger partial charge on any atom is -0.394 e. The highest BCUT2D eigenvalue weighted by Gasteiger charge is 2.53. The number of carbonyl (C=O) groups is 1. The van der Waals surface area contributed by atoms with Gasteiger partial charge in [-0.1, -0.05) is 219 Å². The predicted octanol–water partition coefficient (Wildman–Crippen LogP) is 7.33. The Kier molecular flexibility index (Phi) is 42.5. The normalized spacial score (nSPS) is 29.6. The van der Waals surface area contributed by atoms with Crippen LogP contribution >= 0.6 is 0 Å². The molecule has 17 unspecified atom stereocenters. The summed E-state index contributed by atoms with van der Waals surface area (Å²) in [6.07, 6.45) is 21.6. The van der Waals surface area contributed by atoms with Gasteiger partial charge in [0.1, 0.15) is 73.2 Å². The Morgan fingerprint density at radius 3 is 1.20 bits per heavy atom. The van der Waals surface area contributed by atoms with Gasteiger partial charge in [0.05, 0.1) is 38.6 Å². The average Bonchev–Trinajstić information content (AvgIpc) is 3.42. The summed E-state index contributed by atoms with van der Waals surface area (Å²) in [5, 5.41) is 120. The number of rotatable bonds is 50. The monoisotopic (exact) mass is 1180 g/mol. The van der Waals surface area contributed by atoms with Crippen molar-refractivity contribution in [2.24, 2.45) is 0 Å². The third kappa shape index (κ3) is 29.5. The first-order valence-electron chi connectivity index (χ1n) is 32.9. The molecule has 0 spiro atoms. The Morgan fingerprint density at radius 2 is 0.768 bits per heavy atom. The Labute approximate surface area is 493 Å². The Balaban J connectivity index is 1.43. The molecular weight excluding hydrogens is 1060 g/mol. The Hall–Kier alpha value is -1.47. The van der Waals surface area contributed by atoms with Crippen LogP contribution in [0.5, 0.6) is 0 Å². The molecule has 3 fully saturated rings. The second-order valence-electron chi connectivity index (χ2n) is 23.9. The fourth-order valence-electron chi connectivity index (χ4n) is 11.4. The van der Waals surface area contributed by atoms with E-state index in [2.05, 4.69) is 31.3 Å². The van der Waals surface area contributed by atoms with Crippen molar-refractivity contribution in [3.63, 3.8) is 0 Å². The minimum absolute atomic E-state index is 0.250. The number of hydrogen-bond donors (Lipinski definition) is 12. The van der Waals surface area contributed by atoms with Gasteiger partial charge in [0.25, 0.3) is 0 Å². The maximum absolute atomic E-state index is 13.3. The molecule has 0 bridgehead atoms. The van der Waals surface area contributed by atoms with Crippen LogP contribution in [-0.4, -0.2) is 193 Å². The molecule has 82 heavy (non-hydrogen) atoms. The van der Waals surface area contributed by atoms with Gasteiger partial charge in [-0.2, -0.15) is 0 Å². The highest BCUT2D eigenvalue weighted by Crippen LogP contribution is 2.33. The molecule has 3 heterocycles.